The number of amides is 1. The fourth-order valence-corrected chi connectivity index (χ4v) is 2.46. The Kier molecular flexibility index (Phi) is 4.48. The minimum absolute atomic E-state index is 0.248. The van der Waals surface area contributed by atoms with Crippen LogP contribution >= 0.6 is 0 Å². The topological polar surface area (TPSA) is 64.6 Å². The smallest absolute Gasteiger partial charge is 0.407 e. The Bertz CT molecular complexity index is 359. The van der Waals surface area contributed by atoms with E-state index in [0.717, 1.165) is 6.42 Å². The monoisotopic (exact) mass is 271 g/mol. The molecule has 0 aromatic rings. The number of carbonyl (C=O) groups is 2. The Morgan fingerprint density at radius 1 is 1.37 bits per heavy atom. The van der Waals surface area contributed by atoms with Gasteiger partial charge in [0.1, 0.15) is 5.60 Å². The van der Waals surface area contributed by atoms with Crippen molar-refractivity contribution in [2.24, 2.45) is 17.3 Å². The van der Waals surface area contributed by atoms with E-state index in [-0.39, 0.29) is 18.4 Å². The molecule has 5 heteroatoms. The Morgan fingerprint density at radius 3 is 2.32 bits per heavy atom. The van der Waals surface area contributed by atoms with E-state index in [1.165, 1.54) is 7.11 Å². The maximum absolute atomic E-state index is 11.9. The number of hydrogen-bond acceptors (Lipinski definition) is 4. The molecule has 0 aromatic carbocycles. The van der Waals surface area contributed by atoms with Crippen molar-refractivity contribution in [3.8, 4) is 0 Å². The molecule has 0 aliphatic heterocycles. The molecule has 0 radical (unpaired) electrons. The molecule has 19 heavy (non-hydrogen) atoms. The van der Waals surface area contributed by atoms with Gasteiger partial charge in [-0.3, -0.25) is 4.79 Å². The lowest BCUT2D eigenvalue weighted by molar-refractivity contribution is -0.147. The Morgan fingerprint density at radius 2 is 1.95 bits per heavy atom. The van der Waals surface area contributed by atoms with Crippen LogP contribution in [0, 0.1) is 17.3 Å². The number of carbonyl (C=O) groups excluding carboxylic acids is 2. The second kappa shape index (κ2) is 5.39. The van der Waals surface area contributed by atoms with E-state index in [4.69, 9.17) is 9.47 Å². The minimum atomic E-state index is -0.570. The number of hydrogen-bond donors (Lipinski definition) is 1. The zero-order chi connectivity index (χ0) is 14.8. The molecule has 5 nitrogen and oxygen atoms in total. The molecule has 1 saturated carbocycles. The van der Waals surface area contributed by atoms with Crippen molar-refractivity contribution in [2.45, 2.75) is 46.6 Å². The zero-order valence-electron chi connectivity index (χ0n) is 12.7. The summed E-state index contributed by atoms with van der Waals surface area (Å²) in [6.45, 7) is 9.83. The van der Waals surface area contributed by atoms with Gasteiger partial charge in [-0.25, -0.2) is 4.79 Å². The standard InChI is InChI=1S/C14H25NO4/c1-9(2)10-7-14(10,11(16)18-6)8-15-12(17)19-13(3,4)5/h9-10H,7-8H2,1-6H3,(H,15,17). The molecule has 110 valence electrons. The van der Waals surface area contributed by atoms with Crippen molar-refractivity contribution >= 4 is 12.1 Å². The van der Waals surface area contributed by atoms with E-state index >= 15 is 0 Å². The molecule has 0 aromatic heterocycles. The van der Waals surface area contributed by atoms with Gasteiger partial charge in [0.05, 0.1) is 12.5 Å². The number of esters is 1. The largest absolute Gasteiger partial charge is 0.469 e. The van der Waals surface area contributed by atoms with Gasteiger partial charge in [0.15, 0.2) is 0 Å². The van der Waals surface area contributed by atoms with Crippen LogP contribution in [0.25, 0.3) is 0 Å². The highest BCUT2D eigenvalue weighted by Gasteiger charge is 2.61. The van der Waals surface area contributed by atoms with E-state index in [9.17, 15) is 9.59 Å². The first kappa shape index (κ1) is 15.8. The summed E-state index contributed by atoms with van der Waals surface area (Å²) >= 11 is 0. The van der Waals surface area contributed by atoms with Gasteiger partial charge in [-0.2, -0.15) is 0 Å². The average molecular weight is 271 g/mol. The predicted molar refractivity (Wildman–Crippen MR) is 71.6 cm³/mol. The molecule has 1 N–H and O–H groups in total. The van der Waals surface area contributed by atoms with Crippen LogP contribution in [0.1, 0.15) is 41.0 Å². The van der Waals surface area contributed by atoms with Crippen LogP contribution in [-0.2, 0) is 14.3 Å². The summed E-state index contributed by atoms with van der Waals surface area (Å²) in [7, 11) is 1.38. The Hall–Kier alpha value is -1.26. The van der Waals surface area contributed by atoms with E-state index in [0.29, 0.717) is 5.92 Å². The number of ether oxygens (including phenoxy) is 2. The van der Waals surface area contributed by atoms with E-state index in [2.05, 4.69) is 19.2 Å². The maximum atomic E-state index is 11.9. The maximum Gasteiger partial charge on any atom is 0.407 e. The molecule has 0 heterocycles. The molecule has 0 spiro atoms. The van der Waals surface area contributed by atoms with Crippen LogP contribution in [0.15, 0.2) is 0 Å². The van der Waals surface area contributed by atoms with Gasteiger partial charge in [-0.15, -0.1) is 0 Å². The van der Waals surface area contributed by atoms with Crippen molar-refractivity contribution in [3.63, 3.8) is 0 Å². The van der Waals surface area contributed by atoms with Crippen molar-refractivity contribution in [1.82, 2.24) is 5.32 Å². The predicted octanol–water partition coefficient (Wildman–Crippen LogP) is 2.35. The quantitative estimate of drug-likeness (QED) is 0.797. The molecule has 1 rings (SSSR count). The van der Waals surface area contributed by atoms with E-state index in [1.807, 2.05) is 0 Å². The van der Waals surface area contributed by atoms with Gasteiger partial charge >= 0.3 is 12.1 Å². The lowest BCUT2D eigenvalue weighted by atomic mass is 9.97. The van der Waals surface area contributed by atoms with Crippen LogP contribution in [0.5, 0.6) is 0 Å². The van der Waals surface area contributed by atoms with Crippen molar-refractivity contribution < 1.29 is 19.1 Å². The molecule has 2 atom stereocenters. The summed E-state index contributed by atoms with van der Waals surface area (Å²) in [6, 6.07) is 0. The van der Waals surface area contributed by atoms with Crippen LogP contribution in [0.2, 0.25) is 0 Å². The highest BCUT2D eigenvalue weighted by atomic mass is 16.6. The van der Waals surface area contributed by atoms with E-state index in [1.54, 1.807) is 20.8 Å². The summed E-state index contributed by atoms with van der Waals surface area (Å²) in [6.07, 6.45) is 0.262. The van der Waals surface area contributed by atoms with Crippen molar-refractivity contribution in [2.75, 3.05) is 13.7 Å². The Labute approximate surface area is 115 Å². The van der Waals surface area contributed by atoms with Crippen molar-refractivity contribution in [3.05, 3.63) is 0 Å². The summed E-state index contributed by atoms with van der Waals surface area (Å²) in [5.74, 6) is 0.400. The van der Waals surface area contributed by atoms with Gasteiger partial charge < -0.3 is 14.8 Å². The lowest BCUT2D eigenvalue weighted by Gasteiger charge is -2.22. The normalized spacial score (nSPS) is 25.9. The highest BCUT2D eigenvalue weighted by Crippen LogP contribution is 2.56. The zero-order valence-corrected chi connectivity index (χ0v) is 12.7. The molecule has 0 saturated heterocycles. The van der Waals surface area contributed by atoms with Gasteiger partial charge in [0, 0.05) is 6.54 Å². The fourth-order valence-electron chi connectivity index (χ4n) is 2.46. The first-order valence-corrected chi connectivity index (χ1v) is 6.67. The molecule has 1 fully saturated rings. The SMILES string of the molecule is COC(=O)C1(CNC(=O)OC(C)(C)C)CC1C(C)C. The second-order valence-corrected chi connectivity index (χ2v) is 6.56. The van der Waals surface area contributed by atoms with Gasteiger partial charge in [0.25, 0.3) is 0 Å². The molecule has 1 aliphatic carbocycles. The minimum Gasteiger partial charge on any atom is -0.469 e. The third-order valence-electron chi connectivity index (χ3n) is 3.48. The van der Waals surface area contributed by atoms with Gasteiger partial charge in [0.2, 0.25) is 0 Å². The number of methoxy groups -OCH3 is 1. The summed E-state index contributed by atoms with van der Waals surface area (Å²) in [5.41, 5.74) is -1.11. The van der Waals surface area contributed by atoms with E-state index < -0.39 is 17.1 Å². The van der Waals surface area contributed by atoms with Crippen LogP contribution in [0.4, 0.5) is 4.79 Å². The van der Waals surface area contributed by atoms with Crippen LogP contribution in [-0.4, -0.2) is 31.3 Å². The third kappa shape index (κ3) is 3.85. The van der Waals surface area contributed by atoms with Crippen molar-refractivity contribution in [1.29, 1.82) is 0 Å². The fraction of sp³-hybridized carbons (Fsp3) is 0.857. The van der Waals surface area contributed by atoms with Crippen LogP contribution in [0.3, 0.4) is 0 Å². The summed E-state index contributed by atoms with van der Waals surface area (Å²) < 4.78 is 10.0. The highest BCUT2D eigenvalue weighted by molar-refractivity contribution is 5.82. The molecule has 0 bridgehead atoms. The number of rotatable bonds is 4. The molecule has 2 unspecified atom stereocenters. The Balaban J connectivity index is 2.58. The average Bonchev–Trinajstić information content (AvgIpc) is 2.99. The lowest BCUT2D eigenvalue weighted by Crippen LogP contribution is -2.39. The molecular weight excluding hydrogens is 246 g/mol. The third-order valence-corrected chi connectivity index (χ3v) is 3.48. The summed E-state index contributed by atoms with van der Waals surface area (Å²) in [5, 5.41) is 2.68. The van der Waals surface area contributed by atoms with Gasteiger partial charge in [-0.05, 0) is 39.0 Å². The number of alkyl carbamates (subject to hydrolysis) is 1. The molecule has 1 amide bonds. The summed E-state index contributed by atoms with van der Waals surface area (Å²) in [4.78, 5) is 23.5. The molecule has 1 aliphatic rings. The first-order chi connectivity index (χ1) is 8.62. The van der Waals surface area contributed by atoms with Crippen LogP contribution < -0.4 is 5.32 Å². The first-order valence-electron chi connectivity index (χ1n) is 6.67. The number of nitrogens with one attached hydrogen (secondary N) is 1. The van der Waals surface area contributed by atoms with Gasteiger partial charge in [-0.1, -0.05) is 13.8 Å². The molecular formula is C14H25NO4. The second-order valence-electron chi connectivity index (χ2n) is 6.56.